The zero-order valence-corrected chi connectivity index (χ0v) is 13.7. The maximum Gasteiger partial charge on any atom is 0.223 e. The summed E-state index contributed by atoms with van der Waals surface area (Å²) in [7, 11) is -1.62. The van der Waals surface area contributed by atoms with Gasteiger partial charge in [-0.25, -0.2) is 8.42 Å². The van der Waals surface area contributed by atoms with E-state index >= 15 is 0 Å². The molecule has 1 aliphatic rings. The second-order valence-corrected chi connectivity index (χ2v) is 8.07. The minimum atomic E-state index is -3.38. The predicted octanol–water partition coefficient (Wildman–Crippen LogP) is 2.42. The lowest BCUT2D eigenvalue weighted by molar-refractivity contribution is -0.131. The van der Waals surface area contributed by atoms with Crippen LogP contribution in [0.5, 0.6) is 0 Å². The van der Waals surface area contributed by atoms with Gasteiger partial charge in [-0.15, -0.1) is 0 Å². The predicted molar refractivity (Wildman–Crippen MR) is 82.8 cm³/mol. The molecule has 0 saturated heterocycles. The summed E-state index contributed by atoms with van der Waals surface area (Å²) in [6.45, 7) is 3.94. The van der Waals surface area contributed by atoms with Gasteiger partial charge < -0.3 is 4.90 Å². The van der Waals surface area contributed by atoms with Gasteiger partial charge in [-0.3, -0.25) is 4.79 Å². The van der Waals surface area contributed by atoms with Gasteiger partial charge in [0.05, 0.1) is 10.6 Å². The van der Waals surface area contributed by atoms with E-state index in [-0.39, 0.29) is 24.1 Å². The Labute approximate surface area is 127 Å². The van der Waals surface area contributed by atoms with Crippen molar-refractivity contribution in [1.82, 2.24) is 4.90 Å². The highest BCUT2D eigenvalue weighted by atomic mass is 32.2. The summed E-state index contributed by atoms with van der Waals surface area (Å²) in [4.78, 5) is 14.1. The Morgan fingerprint density at radius 1 is 1.29 bits per heavy atom. The third-order valence-electron chi connectivity index (χ3n) is 4.27. The van der Waals surface area contributed by atoms with E-state index in [0.717, 1.165) is 5.56 Å². The van der Waals surface area contributed by atoms with Gasteiger partial charge in [0, 0.05) is 19.5 Å². The van der Waals surface area contributed by atoms with E-state index in [1.165, 1.54) is 12.8 Å². The second kappa shape index (κ2) is 6.18. The number of aryl methyl sites for hydroxylation is 1. The van der Waals surface area contributed by atoms with Crippen molar-refractivity contribution in [2.75, 3.05) is 12.8 Å². The van der Waals surface area contributed by atoms with Crippen LogP contribution in [0.15, 0.2) is 29.2 Å². The smallest absolute Gasteiger partial charge is 0.223 e. The van der Waals surface area contributed by atoms with Crippen LogP contribution in [0.25, 0.3) is 0 Å². The molecule has 0 spiro atoms. The fraction of sp³-hybridized carbons (Fsp3) is 0.562. The van der Waals surface area contributed by atoms with Crippen LogP contribution >= 0.6 is 0 Å². The molecule has 116 valence electrons. The molecule has 0 radical (unpaired) electrons. The summed E-state index contributed by atoms with van der Waals surface area (Å²) < 4.78 is 24.4. The van der Waals surface area contributed by atoms with E-state index in [4.69, 9.17) is 0 Å². The van der Waals surface area contributed by atoms with Crippen LogP contribution in [0.4, 0.5) is 0 Å². The fourth-order valence-corrected chi connectivity index (χ4v) is 3.61. The average molecular weight is 309 g/mol. The number of carbonyl (C=O) groups is 1. The third kappa shape index (κ3) is 4.06. The molecule has 1 aromatic carbocycles. The van der Waals surface area contributed by atoms with Gasteiger partial charge in [0.25, 0.3) is 0 Å². The molecule has 0 bridgehead atoms. The highest BCUT2D eigenvalue weighted by molar-refractivity contribution is 7.91. The van der Waals surface area contributed by atoms with Gasteiger partial charge in [0.1, 0.15) is 0 Å². The molecule has 1 amide bonds. The number of amides is 1. The SMILES string of the molecule is Cc1ccc(S(=O)(=O)CCC(=O)N(C)C(C)C2CC2)cc1. The quantitative estimate of drug-likeness (QED) is 0.811. The lowest BCUT2D eigenvalue weighted by Crippen LogP contribution is -2.37. The van der Waals surface area contributed by atoms with Gasteiger partial charge in [0.2, 0.25) is 5.91 Å². The lowest BCUT2D eigenvalue weighted by Gasteiger charge is -2.24. The summed E-state index contributed by atoms with van der Waals surface area (Å²) in [5, 5.41) is 0. The molecule has 5 heteroatoms. The number of sulfone groups is 1. The zero-order valence-electron chi connectivity index (χ0n) is 12.9. The molecular formula is C16H23NO3S. The van der Waals surface area contributed by atoms with Gasteiger partial charge >= 0.3 is 0 Å². The maximum absolute atomic E-state index is 12.2. The molecule has 0 aliphatic heterocycles. The number of hydrogen-bond donors (Lipinski definition) is 0. The number of rotatable bonds is 6. The van der Waals surface area contributed by atoms with Crippen molar-refractivity contribution in [2.24, 2.45) is 5.92 Å². The topological polar surface area (TPSA) is 54.5 Å². The molecule has 1 aliphatic carbocycles. The third-order valence-corrected chi connectivity index (χ3v) is 6.01. The molecule has 2 rings (SSSR count). The van der Waals surface area contributed by atoms with E-state index < -0.39 is 9.84 Å². The van der Waals surface area contributed by atoms with Crippen LogP contribution in [-0.4, -0.2) is 38.1 Å². The minimum Gasteiger partial charge on any atom is -0.343 e. The number of benzene rings is 1. The second-order valence-electron chi connectivity index (χ2n) is 5.96. The molecule has 0 aromatic heterocycles. The summed E-state index contributed by atoms with van der Waals surface area (Å²) in [5.41, 5.74) is 1.02. The van der Waals surface area contributed by atoms with Gasteiger partial charge in [0.15, 0.2) is 9.84 Å². The standard InChI is InChI=1S/C16H23NO3S/c1-12-4-8-15(9-5-12)21(19,20)11-10-16(18)17(3)13(2)14-6-7-14/h4-5,8-9,13-14H,6-7,10-11H2,1-3H3. The van der Waals surface area contributed by atoms with Crippen molar-refractivity contribution < 1.29 is 13.2 Å². The fourth-order valence-electron chi connectivity index (χ4n) is 2.38. The van der Waals surface area contributed by atoms with Crippen molar-refractivity contribution in [3.05, 3.63) is 29.8 Å². The highest BCUT2D eigenvalue weighted by Gasteiger charge is 2.32. The van der Waals surface area contributed by atoms with E-state index in [2.05, 4.69) is 0 Å². The first-order valence-electron chi connectivity index (χ1n) is 7.36. The van der Waals surface area contributed by atoms with Crippen LogP contribution in [0.1, 0.15) is 31.7 Å². The summed E-state index contributed by atoms with van der Waals surface area (Å²) in [6, 6.07) is 6.96. The lowest BCUT2D eigenvalue weighted by atomic mass is 10.2. The van der Waals surface area contributed by atoms with Crippen LogP contribution in [0.2, 0.25) is 0 Å². The molecule has 21 heavy (non-hydrogen) atoms. The monoisotopic (exact) mass is 309 g/mol. The van der Waals surface area contributed by atoms with Crippen molar-refractivity contribution in [2.45, 2.75) is 44.0 Å². The summed E-state index contributed by atoms with van der Waals surface area (Å²) >= 11 is 0. The van der Waals surface area contributed by atoms with Crippen molar-refractivity contribution in [3.8, 4) is 0 Å². The van der Waals surface area contributed by atoms with Gasteiger partial charge in [-0.05, 0) is 44.7 Å². The van der Waals surface area contributed by atoms with Gasteiger partial charge in [-0.1, -0.05) is 17.7 Å². The van der Waals surface area contributed by atoms with Crippen LogP contribution in [0.3, 0.4) is 0 Å². The molecule has 1 atom stereocenters. The molecule has 1 fully saturated rings. The van der Waals surface area contributed by atoms with Crippen LogP contribution < -0.4 is 0 Å². The van der Waals surface area contributed by atoms with Crippen molar-refractivity contribution in [3.63, 3.8) is 0 Å². The van der Waals surface area contributed by atoms with Crippen molar-refractivity contribution >= 4 is 15.7 Å². The molecule has 0 N–H and O–H groups in total. The zero-order chi connectivity index (χ0) is 15.6. The molecule has 1 saturated carbocycles. The number of nitrogens with zero attached hydrogens (tertiary/aromatic N) is 1. The number of carbonyl (C=O) groups excluding carboxylic acids is 1. The normalized spacial score (nSPS) is 16.5. The Morgan fingerprint density at radius 2 is 1.86 bits per heavy atom. The van der Waals surface area contributed by atoms with E-state index in [1.807, 2.05) is 13.8 Å². The Kier molecular flexibility index (Phi) is 4.71. The highest BCUT2D eigenvalue weighted by Crippen LogP contribution is 2.34. The molecule has 0 heterocycles. The molecule has 1 unspecified atom stereocenters. The van der Waals surface area contributed by atoms with Crippen LogP contribution in [-0.2, 0) is 14.6 Å². The Hall–Kier alpha value is -1.36. The Bertz CT molecular complexity index is 603. The van der Waals surface area contributed by atoms with E-state index in [1.54, 1.807) is 36.2 Å². The molecule has 1 aromatic rings. The summed E-state index contributed by atoms with van der Waals surface area (Å²) in [5.74, 6) is 0.370. The van der Waals surface area contributed by atoms with Crippen molar-refractivity contribution in [1.29, 1.82) is 0 Å². The minimum absolute atomic E-state index is 0.0454. The first-order chi connectivity index (χ1) is 9.81. The first-order valence-corrected chi connectivity index (χ1v) is 9.01. The van der Waals surface area contributed by atoms with E-state index in [0.29, 0.717) is 10.8 Å². The Balaban J connectivity index is 1.94. The van der Waals surface area contributed by atoms with E-state index in [9.17, 15) is 13.2 Å². The van der Waals surface area contributed by atoms with Gasteiger partial charge in [-0.2, -0.15) is 0 Å². The average Bonchev–Trinajstić information content (AvgIpc) is 3.28. The van der Waals surface area contributed by atoms with Crippen LogP contribution in [0, 0.1) is 12.8 Å². The summed E-state index contributed by atoms with van der Waals surface area (Å²) in [6.07, 6.45) is 2.38. The largest absolute Gasteiger partial charge is 0.343 e. The maximum atomic E-state index is 12.2. The number of hydrogen-bond acceptors (Lipinski definition) is 3. The molecular weight excluding hydrogens is 286 g/mol. The first kappa shape index (κ1) is 16.0. The molecule has 4 nitrogen and oxygen atoms in total. The Morgan fingerprint density at radius 3 is 2.38 bits per heavy atom.